The van der Waals surface area contributed by atoms with Crippen molar-refractivity contribution in [1.29, 1.82) is 0 Å². The van der Waals surface area contributed by atoms with Crippen molar-refractivity contribution in [3.05, 3.63) is 130 Å². The van der Waals surface area contributed by atoms with Crippen LogP contribution in [0.1, 0.15) is 54.8 Å². The molecule has 0 heterocycles. The fraction of sp³-hybridized carbons (Fsp3) is 0.188. The van der Waals surface area contributed by atoms with Crippen molar-refractivity contribution in [1.82, 2.24) is 0 Å². The van der Waals surface area contributed by atoms with Crippen LogP contribution in [0.2, 0.25) is 0 Å². The molecule has 4 nitrogen and oxygen atoms in total. The molecule has 0 saturated carbocycles. The maximum atomic E-state index is 14.1. The SMILES string of the molecule is COc1ccc(C(=O)C(c2ccc(C)cc2)C(C(=O)c2ccc(OC)cc2)c2ccc(C)cc2)cc1. The molecule has 0 aliphatic rings. The topological polar surface area (TPSA) is 52.6 Å². The lowest BCUT2D eigenvalue weighted by atomic mass is 9.73. The summed E-state index contributed by atoms with van der Waals surface area (Å²) in [6.45, 7) is 4.01. The van der Waals surface area contributed by atoms with Gasteiger partial charge in [0.05, 0.1) is 26.1 Å². The molecule has 36 heavy (non-hydrogen) atoms. The molecule has 0 saturated heterocycles. The zero-order valence-corrected chi connectivity index (χ0v) is 21.0. The minimum atomic E-state index is -0.712. The van der Waals surface area contributed by atoms with E-state index >= 15 is 0 Å². The third-order valence-corrected chi connectivity index (χ3v) is 6.52. The molecular formula is C32H30O4. The number of benzene rings is 4. The molecule has 4 aromatic rings. The van der Waals surface area contributed by atoms with Gasteiger partial charge in [0.15, 0.2) is 11.6 Å². The van der Waals surface area contributed by atoms with Gasteiger partial charge >= 0.3 is 0 Å². The molecule has 0 spiro atoms. The van der Waals surface area contributed by atoms with Crippen LogP contribution in [0, 0.1) is 13.8 Å². The van der Waals surface area contributed by atoms with E-state index in [-0.39, 0.29) is 11.6 Å². The minimum Gasteiger partial charge on any atom is -0.497 e. The minimum absolute atomic E-state index is 0.117. The lowest BCUT2D eigenvalue weighted by Crippen LogP contribution is -2.27. The van der Waals surface area contributed by atoms with E-state index in [0.717, 1.165) is 22.3 Å². The first kappa shape index (κ1) is 24.9. The standard InChI is InChI=1S/C32H30O4/c1-21-5-9-23(10-6-21)29(31(33)25-13-17-27(35-3)18-14-25)30(24-11-7-22(2)8-12-24)32(34)26-15-19-28(36-4)20-16-26/h5-20,29-30H,1-4H3. The van der Waals surface area contributed by atoms with Gasteiger partial charge in [-0.1, -0.05) is 59.7 Å². The molecular weight excluding hydrogens is 448 g/mol. The lowest BCUT2D eigenvalue weighted by molar-refractivity contribution is 0.0866. The summed E-state index contributed by atoms with van der Waals surface area (Å²) in [4.78, 5) is 28.3. The van der Waals surface area contributed by atoms with Crippen LogP contribution in [0.25, 0.3) is 0 Å². The Morgan fingerprint density at radius 3 is 1.08 bits per heavy atom. The molecule has 4 heteroatoms. The summed E-state index contributed by atoms with van der Waals surface area (Å²) in [5.41, 5.74) is 4.83. The van der Waals surface area contributed by atoms with Crippen molar-refractivity contribution < 1.29 is 19.1 Å². The fourth-order valence-electron chi connectivity index (χ4n) is 4.41. The summed E-state index contributed by atoms with van der Waals surface area (Å²) in [7, 11) is 3.18. The lowest BCUT2D eigenvalue weighted by Gasteiger charge is -2.27. The number of Topliss-reactive ketones (excluding diaryl/α,β-unsaturated/α-hetero) is 2. The number of rotatable bonds is 9. The highest BCUT2D eigenvalue weighted by molar-refractivity contribution is 6.09. The molecule has 4 aromatic carbocycles. The number of carbonyl (C=O) groups is 2. The molecule has 4 rings (SSSR count). The maximum Gasteiger partial charge on any atom is 0.171 e. The number of ketones is 2. The summed E-state index contributed by atoms with van der Waals surface area (Å²) in [5, 5.41) is 0. The van der Waals surface area contributed by atoms with Gasteiger partial charge in [-0.05, 0) is 73.5 Å². The Labute approximate surface area is 212 Å². The van der Waals surface area contributed by atoms with E-state index in [1.165, 1.54) is 0 Å². The van der Waals surface area contributed by atoms with Gasteiger partial charge in [0.25, 0.3) is 0 Å². The summed E-state index contributed by atoms with van der Waals surface area (Å²) < 4.78 is 10.5. The van der Waals surface area contributed by atoms with Crippen molar-refractivity contribution in [2.75, 3.05) is 14.2 Å². The fourth-order valence-corrected chi connectivity index (χ4v) is 4.41. The average Bonchev–Trinajstić information content (AvgIpc) is 2.92. The third kappa shape index (κ3) is 5.38. The van der Waals surface area contributed by atoms with Gasteiger partial charge in [0, 0.05) is 11.1 Å². The van der Waals surface area contributed by atoms with Gasteiger partial charge in [-0.3, -0.25) is 9.59 Å². The normalized spacial score (nSPS) is 12.4. The van der Waals surface area contributed by atoms with Crippen LogP contribution in [-0.2, 0) is 0 Å². The Morgan fingerprint density at radius 1 is 0.500 bits per heavy atom. The van der Waals surface area contributed by atoms with Crippen LogP contribution >= 0.6 is 0 Å². The van der Waals surface area contributed by atoms with Crippen LogP contribution in [0.15, 0.2) is 97.1 Å². The number of hydrogen-bond acceptors (Lipinski definition) is 4. The second kappa shape index (κ2) is 11.0. The van der Waals surface area contributed by atoms with Crippen molar-refractivity contribution in [2.45, 2.75) is 25.7 Å². The molecule has 0 aliphatic carbocycles. The molecule has 0 amide bonds. The van der Waals surface area contributed by atoms with E-state index in [0.29, 0.717) is 22.6 Å². The Bertz CT molecular complexity index is 1210. The zero-order chi connectivity index (χ0) is 25.7. The van der Waals surface area contributed by atoms with E-state index in [1.54, 1.807) is 62.8 Å². The molecule has 0 fully saturated rings. The molecule has 0 N–H and O–H groups in total. The first-order valence-corrected chi connectivity index (χ1v) is 11.9. The van der Waals surface area contributed by atoms with E-state index < -0.39 is 11.8 Å². The highest BCUT2D eigenvalue weighted by atomic mass is 16.5. The van der Waals surface area contributed by atoms with Crippen LogP contribution < -0.4 is 9.47 Å². The average molecular weight is 479 g/mol. The summed E-state index contributed by atoms with van der Waals surface area (Å²) in [6.07, 6.45) is 0. The molecule has 0 aromatic heterocycles. The highest BCUT2D eigenvalue weighted by Gasteiger charge is 2.37. The number of ether oxygens (including phenoxy) is 2. The summed E-state index contributed by atoms with van der Waals surface area (Å²) in [6, 6.07) is 29.8. The van der Waals surface area contributed by atoms with E-state index in [2.05, 4.69) is 0 Å². The maximum absolute atomic E-state index is 14.1. The number of aryl methyl sites for hydroxylation is 2. The summed E-state index contributed by atoms with van der Waals surface area (Å²) in [5.74, 6) is -0.318. The summed E-state index contributed by atoms with van der Waals surface area (Å²) >= 11 is 0. The first-order chi connectivity index (χ1) is 17.4. The van der Waals surface area contributed by atoms with Gasteiger partial charge < -0.3 is 9.47 Å². The molecule has 2 atom stereocenters. The second-order valence-electron chi connectivity index (χ2n) is 8.96. The largest absolute Gasteiger partial charge is 0.497 e. The predicted molar refractivity (Wildman–Crippen MR) is 142 cm³/mol. The zero-order valence-electron chi connectivity index (χ0n) is 21.0. The van der Waals surface area contributed by atoms with Gasteiger partial charge in [-0.2, -0.15) is 0 Å². The molecule has 2 unspecified atom stereocenters. The van der Waals surface area contributed by atoms with Crippen molar-refractivity contribution >= 4 is 11.6 Å². The van der Waals surface area contributed by atoms with Gasteiger partial charge in [-0.25, -0.2) is 0 Å². The van der Waals surface area contributed by atoms with Gasteiger partial charge in [0.1, 0.15) is 11.5 Å². The Kier molecular flexibility index (Phi) is 7.65. The van der Waals surface area contributed by atoms with E-state index in [1.807, 2.05) is 62.4 Å². The number of hydrogen-bond donors (Lipinski definition) is 0. The van der Waals surface area contributed by atoms with Crippen molar-refractivity contribution in [2.24, 2.45) is 0 Å². The van der Waals surface area contributed by atoms with Crippen molar-refractivity contribution in [3.8, 4) is 11.5 Å². The Balaban J connectivity index is 1.88. The second-order valence-corrected chi connectivity index (χ2v) is 8.96. The molecule has 182 valence electrons. The van der Waals surface area contributed by atoms with Gasteiger partial charge in [-0.15, -0.1) is 0 Å². The quantitative estimate of drug-likeness (QED) is 0.244. The monoisotopic (exact) mass is 478 g/mol. The van der Waals surface area contributed by atoms with Crippen molar-refractivity contribution in [3.63, 3.8) is 0 Å². The van der Waals surface area contributed by atoms with Crippen LogP contribution in [0.5, 0.6) is 11.5 Å². The predicted octanol–water partition coefficient (Wildman–Crippen LogP) is 6.95. The molecule has 0 radical (unpaired) electrons. The third-order valence-electron chi connectivity index (χ3n) is 6.52. The highest BCUT2D eigenvalue weighted by Crippen LogP contribution is 2.39. The first-order valence-electron chi connectivity index (χ1n) is 11.9. The van der Waals surface area contributed by atoms with Gasteiger partial charge in [0.2, 0.25) is 0 Å². The number of methoxy groups -OCH3 is 2. The number of carbonyl (C=O) groups excluding carboxylic acids is 2. The molecule has 0 bridgehead atoms. The Hall–Kier alpha value is -4.18. The van der Waals surface area contributed by atoms with Crippen LogP contribution in [0.3, 0.4) is 0 Å². The van der Waals surface area contributed by atoms with E-state index in [9.17, 15) is 9.59 Å². The van der Waals surface area contributed by atoms with Crippen LogP contribution in [-0.4, -0.2) is 25.8 Å². The Morgan fingerprint density at radius 2 is 0.806 bits per heavy atom. The smallest absolute Gasteiger partial charge is 0.171 e. The van der Waals surface area contributed by atoms with E-state index in [4.69, 9.17) is 9.47 Å². The molecule has 0 aliphatic heterocycles. The van der Waals surface area contributed by atoms with Crippen LogP contribution in [0.4, 0.5) is 0 Å².